The van der Waals surface area contributed by atoms with Crippen molar-refractivity contribution >= 4 is 5.97 Å². The molecule has 0 saturated carbocycles. The Labute approximate surface area is 142 Å². The van der Waals surface area contributed by atoms with Crippen molar-refractivity contribution in [3.8, 4) is 0 Å². The summed E-state index contributed by atoms with van der Waals surface area (Å²) >= 11 is 0. The highest BCUT2D eigenvalue weighted by molar-refractivity contribution is 5.87. The number of hydrogen-bond acceptors (Lipinski definition) is 4. The molecule has 3 aliphatic rings. The van der Waals surface area contributed by atoms with Crippen molar-refractivity contribution in [1.29, 1.82) is 0 Å². The third-order valence-corrected chi connectivity index (χ3v) is 6.15. The van der Waals surface area contributed by atoms with Crippen molar-refractivity contribution < 1.29 is 14.6 Å². The van der Waals surface area contributed by atoms with Gasteiger partial charge in [-0.1, -0.05) is 6.92 Å². The molecule has 1 atom stereocenters. The molecular formula is C18H27N3O3. The molecular weight excluding hydrogens is 306 g/mol. The molecule has 6 heteroatoms. The Morgan fingerprint density at radius 1 is 1.38 bits per heavy atom. The summed E-state index contributed by atoms with van der Waals surface area (Å²) < 4.78 is 7.75. The van der Waals surface area contributed by atoms with Crippen LogP contribution >= 0.6 is 0 Å². The van der Waals surface area contributed by atoms with Gasteiger partial charge in [-0.2, -0.15) is 5.10 Å². The van der Waals surface area contributed by atoms with E-state index < -0.39 is 5.97 Å². The summed E-state index contributed by atoms with van der Waals surface area (Å²) in [6, 6.07) is 0.451. The Morgan fingerprint density at radius 2 is 2.12 bits per heavy atom. The predicted octanol–water partition coefficient (Wildman–Crippen LogP) is 2.10. The minimum Gasteiger partial charge on any atom is -0.476 e. The summed E-state index contributed by atoms with van der Waals surface area (Å²) in [6.45, 7) is 5.98. The van der Waals surface area contributed by atoms with Crippen LogP contribution in [0, 0.1) is 0 Å². The number of likely N-dealkylation sites (tertiary alicyclic amines) is 1. The van der Waals surface area contributed by atoms with E-state index in [4.69, 9.17) is 4.74 Å². The molecule has 0 amide bonds. The molecule has 1 unspecified atom stereocenters. The molecule has 1 N–H and O–H groups in total. The number of fused-ring (bicyclic) bond motifs is 1. The number of aryl methyl sites for hydroxylation is 1. The minimum atomic E-state index is -0.887. The highest BCUT2D eigenvalue weighted by Crippen LogP contribution is 2.38. The number of piperidine rings is 1. The van der Waals surface area contributed by atoms with Crippen molar-refractivity contribution in [2.24, 2.45) is 0 Å². The van der Waals surface area contributed by atoms with Gasteiger partial charge in [-0.05, 0) is 44.9 Å². The van der Waals surface area contributed by atoms with Gasteiger partial charge in [0.1, 0.15) is 0 Å². The second kappa shape index (κ2) is 6.15. The average molecular weight is 333 g/mol. The van der Waals surface area contributed by atoms with Crippen LogP contribution in [0.25, 0.3) is 0 Å². The maximum absolute atomic E-state index is 11.6. The number of ether oxygens (including phenoxy) is 1. The molecule has 0 radical (unpaired) electrons. The number of carboxylic acid groups (broad SMARTS) is 1. The lowest BCUT2D eigenvalue weighted by atomic mass is 9.82. The van der Waals surface area contributed by atoms with Gasteiger partial charge in [0.2, 0.25) is 0 Å². The molecule has 2 aliphatic heterocycles. The SMILES string of the molecule is CCCn1nc(C(=O)O)c2c1CCC(N1CCC3(CCO3)CC1)C2. The molecule has 3 heterocycles. The van der Waals surface area contributed by atoms with Crippen LogP contribution in [0.3, 0.4) is 0 Å². The molecule has 1 aromatic rings. The maximum Gasteiger partial charge on any atom is 0.356 e. The molecule has 132 valence electrons. The zero-order chi connectivity index (χ0) is 16.7. The van der Waals surface area contributed by atoms with E-state index in [-0.39, 0.29) is 11.3 Å². The number of carboxylic acids is 1. The van der Waals surface area contributed by atoms with E-state index >= 15 is 0 Å². The van der Waals surface area contributed by atoms with Gasteiger partial charge < -0.3 is 9.84 Å². The highest BCUT2D eigenvalue weighted by Gasteiger charge is 2.43. The zero-order valence-corrected chi connectivity index (χ0v) is 14.5. The number of nitrogens with zero attached hydrogens (tertiary/aromatic N) is 3. The van der Waals surface area contributed by atoms with Crippen LogP contribution in [0.1, 0.15) is 60.8 Å². The molecule has 24 heavy (non-hydrogen) atoms. The third-order valence-electron chi connectivity index (χ3n) is 6.15. The second-order valence-electron chi connectivity index (χ2n) is 7.52. The number of carbonyl (C=O) groups is 1. The normalized spacial score (nSPS) is 26.1. The molecule has 2 fully saturated rings. The number of aromatic nitrogens is 2. The smallest absolute Gasteiger partial charge is 0.356 e. The van der Waals surface area contributed by atoms with E-state index in [1.165, 1.54) is 6.42 Å². The number of hydrogen-bond donors (Lipinski definition) is 1. The van der Waals surface area contributed by atoms with Crippen LogP contribution in [0.15, 0.2) is 0 Å². The first kappa shape index (κ1) is 16.1. The number of rotatable bonds is 4. The summed E-state index contributed by atoms with van der Waals surface area (Å²) in [5.74, 6) is -0.887. The Balaban J connectivity index is 1.50. The van der Waals surface area contributed by atoms with Gasteiger partial charge in [0.05, 0.1) is 12.2 Å². The standard InChI is InChI=1S/C18H27N3O3/c1-2-8-21-15-4-3-13(12-14(15)16(19-21)17(22)23)20-9-5-18(6-10-20)7-11-24-18/h13H,2-12H2,1H3,(H,22,23). The van der Waals surface area contributed by atoms with E-state index in [1.54, 1.807) is 0 Å². The Morgan fingerprint density at radius 3 is 2.71 bits per heavy atom. The predicted molar refractivity (Wildman–Crippen MR) is 89.4 cm³/mol. The van der Waals surface area contributed by atoms with Gasteiger partial charge in [0, 0.05) is 36.9 Å². The lowest BCUT2D eigenvalue weighted by molar-refractivity contribution is -0.175. The lowest BCUT2D eigenvalue weighted by Crippen LogP contribution is -2.55. The summed E-state index contributed by atoms with van der Waals surface area (Å²) in [6.07, 6.45) is 7.31. The first-order chi connectivity index (χ1) is 11.6. The fraction of sp³-hybridized carbons (Fsp3) is 0.778. The number of aromatic carboxylic acids is 1. The Kier molecular flexibility index (Phi) is 4.12. The molecule has 1 aromatic heterocycles. The summed E-state index contributed by atoms with van der Waals surface area (Å²) in [4.78, 5) is 14.2. The fourth-order valence-electron chi connectivity index (χ4n) is 4.63. The molecule has 1 spiro atoms. The monoisotopic (exact) mass is 333 g/mol. The van der Waals surface area contributed by atoms with Crippen LogP contribution in [0.2, 0.25) is 0 Å². The Hall–Kier alpha value is -1.40. The van der Waals surface area contributed by atoms with Gasteiger partial charge in [0.15, 0.2) is 5.69 Å². The van der Waals surface area contributed by atoms with Gasteiger partial charge >= 0.3 is 5.97 Å². The zero-order valence-electron chi connectivity index (χ0n) is 14.5. The molecule has 1 aliphatic carbocycles. The first-order valence-electron chi connectivity index (χ1n) is 9.32. The molecule has 2 saturated heterocycles. The highest BCUT2D eigenvalue weighted by atomic mass is 16.5. The summed E-state index contributed by atoms with van der Waals surface area (Å²) in [5, 5.41) is 13.9. The third kappa shape index (κ3) is 2.65. The van der Waals surface area contributed by atoms with Crippen LogP contribution in [0.5, 0.6) is 0 Å². The first-order valence-corrected chi connectivity index (χ1v) is 9.32. The van der Waals surface area contributed by atoms with E-state index in [1.807, 2.05) is 4.68 Å². The topological polar surface area (TPSA) is 67.6 Å². The van der Waals surface area contributed by atoms with Crippen molar-refractivity contribution in [3.63, 3.8) is 0 Å². The van der Waals surface area contributed by atoms with Crippen LogP contribution in [-0.2, 0) is 24.1 Å². The van der Waals surface area contributed by atoms with Crippen molar-refractivity contribution in [2.75, 3.05) is 19.7 Å². The van der Waals surface area contributed by atoms with Gasteiger partial charge in [-0.3, -0.25) is 9.58 Å². The fourth-order valence-corrected chi connectivity index (χ4v) is 4.63. The quantitative estimate of drug-likeness (QED) is 0.914. The average Bonchev–Trinajstić information content (AvgIpc) is 2.92. The van der Waals surface area contributed by atoms with Crippen molar-refractivity contribution in [2.45, 2.75) is 70.1 Å². The lowest BCUT2D eigenvalue weighted by Gasteiger charge is -2.49. The molecule has 6 nitrogen and oxygen atoms in total. The summed E-state index contributed by atoms with van der Waals surface area (Å²) in [7, 11) is 0. The van der Waals surface area contributed by atoms with Crippen LogP contribution in [-0.4, -0.2) is 57.1 Å². The molecule has 0 bridgehead atoms. The minimum absolute atomic E-state index is 0.175. The van der Waals surface area contributed by atoms with E-state index in [0.717, 1.165) is 76.0 Å². The van der Waals surface area contributed by atoms with Gasteiger partial charge in [-0.15, -0.1) is 0 Å². The largest absolute Gasteiger partial charge is 0.476 e. The van der Waals surface area contributed by atoms with Crippen molar-refractivity contribution in [1.82, 2.24) is 14.7 Å². The van der Waals surface area contributed by atoms with E-state index in [2.05, 4.69) is 16.9 Å². The summed E-state index contributed by atoms with van der Waals surface area (Å²) in [5.41, 5.74) is 2.59. The maximum atomic E-state index is 11.6. The van der Waals surface area contributed by atoms with Crippen molar-refractivity contribution in [3.05, 3.63) is 17.0 Å². The molecule has 4 rings (SSSR count). The Bertz CT molecular complexity index is 626. The van der Waals surface area contributed by atoms with Crippen LogP contribution in [0.4, 0.5) is 0 Å². The van der Waals surface area contributed by atoms with E-state index in [0.29, 0.717) is 6.04 Å². The van der Waals surface area contributed by atoms with Crippen LogP contribution < -0.4 is 0 Å². The second-order valence-corrected chi connectivity index (χ2v) is 7.52. The molecule has 0 aromatic carbocycles. The van der Waals surface area contributed by atoms with E-state index in [9.17, 15) is 9.90 Å². The van der Waals surface area contributed by atoms with Gasteiger partial charge in [-0.25, -0.2) is 4.79 Å². The van der Waals surface area contributed by atoms with Gasteiger partial charge in [0.25, 0.3) is 0 Å².